The minimum absolute atomic E-state index is 0.417. The van der Waals surface area contributed by atoms with Crippen molar-refractivity contribution in [3.05, 3.63) is 48.0 Å². The number of hydrogen-bond donors (Lipinski definition) is 1. The van der Waals surface area contributed by atoms with Crippen LogP contribution in [0, 0.1) is 5.92 Å². The summed E-state index contributed by atoms with van der Waals surface area (Å²) >= 11 is 0. The summed E-state index contributed by atoms with van der Waals surface area (Å²) in [5.41, 5.74) is 0.238. The Hall–Kier alpha value is -2.14. The number of aliphatic hydroxyl groups is 1. The molecular formula is C19H25NO4. The Bertz CT molecular complexity index is 624. The maximum absolute atomic E-state index is 12.8. The van der Waals surface area contributed by atoms with Gasteiger partial charge in [0.2, 0.25) is 5.91 Å². The molecule has 1 aliphatic rings. The monoisotopic (exact) mass is 331 g/mol. The van der Waals surface area contributed by atoms with Gasteiger partial charge in [0.1, 0.15) is 5.60 Å². The second kappa shape index (κ2) is 7.18. The minimum Gasteiger partial charge on any atom is -0.441 e. The molecule has 0 spiro atoms. The van der Waals surface area contributed by atoms with Gasteiger partial charge in [-0.15, -0.1) is 0 Å². The van der Waals surface area contributed by atoms with Gasteiger partial charge in [-0.2, -0.15) is 0 Å². The van der Waals surface area contributed by atoms with E-state index >= 15 is 0 Å². The van der Waals surface area contributed by atoms with Crippen LogP contribution in [0.5, 0.6) is 0 Å². The van der Waals surface area contributed by atoms with Gasteiger partial charge in [-0.1, -0.05) is 49.4 Å². The molecule has 1 fully saturated rings. The lowest BCUT2D eigenvalue weighted by Crippen LogP contribution is -2.49. The molecule has 0 aromatic heterocycles. The van der Waals surface area contributed by atoms with E-state index < -0.39 is 35.7 Å². The number of amides is 2. The second-order valence-electron chi connectivity index (χ2n) is 6.69. The maximum Gasteiger partial charge on any atom is 0.417 e. The predicted octanol–water partition coefficient (Wildman–Crippen LogP) is 2.93. The summed E-state index contributed by atoms with van der Waals surface area (Å²) in [6.07, 6.45) is 2.16. The molecule has 2 amide bonds. The first-order chi connectivity index (χ1) is 11.3. The smallest absolute Gasteiger partial charge is 0.417 e. The second-order valence-corrected chi connectivity index (χ2v) is 6.69. The number of hydrogen-bond acceptors (Lipinski definition) is 4. The van der Waals surface area contributed by atoms with E-state index in [1.54, 1.807) is 39.8 Å². The molecular weight excluding hydrogens is 306 g/mol. The third kappa shape index (κ3) is 3.67. The van der Waals surface area contributed by atoms with E-state index in [2.05, 4.69) is 0 Å². The van der Waals surface area contributed by atoms with Gasteiger partial charge in [-0.3, -0.25) is 4.79 Å². The maximum atomic E-state index is 12.8. The summed E-state index contributed by atoms with van der Waals surface area (Å²) in [4.78, 5) is 26.3. The fourth-order valence-electron chi connectivity index (χ4n) is 2.93. The first-order valence-electron chi connectivity index (χ1n) is 8.18. The molecule has 0 aliphatic carbocycles. The number of allylic oxidation sites excluding steroid dienone is 1. The van der Waals surface area contributed by atoms with Crippen LogP contribution >= 0.6 is 0 Å². The number of carbonyl (C=O) groups is 2. The fourth-order valence-corrected chi connectivity index (χ4v) is 2.93. The molecule has 1 aromatic rings. The molecule has 1 saturated heterocycles. The summed E-state index contributed by atoms with van der Waals surface area (Å²) in [6.45, 7) is 6.99. The average Bonchev–Trinajstić information content (AvgIpc) is 2.76. The molecule has 0 unspecified atom stereocenters. The summed E-state index contributed by atoms with van der Waals surface area (Å²) in [7, 11) is 0. The van der Waals surface area contributed by atoms with Crippen molar-refractivity contribution in [2.75, 3.05) is 0 Å². The largest absolute Gasteiger partial charge is 0.441 e. The first kappa shape index (κ1) is 18.2. The number of carbonyl (C=O) groups excluding carboxylic acids is 2. The van der Waals surface area contributed by atoms with Gasteiger partial charge in [-0.05, 0) is 32.8 Å². The number of nitrogens with zero attached hydrogens (tertiary/aromatic N) is 1. The van der Waals surface area contributed by atoms with Crippen LogP contribution in [0.2, 0.25) is 0 Å². The third-order valence-corrected chi connectivity index (χ3v) is 4.46. The molecule has 24 heavy (non-hydrogen) atoms. The Labute approximate surface area is 142 Å². The van der Waals surface area contributed by atoms with Gasteiger partial charge >= 0.3 is 6.09 Å². The zero-order valence-electron chi connectivity index (χ0n) is 14.6. The van der Waals surface area contributed by atoms with E-state index in [-0.39, 0.29) is 0 Å². The molecule has 0 bridgehead atoms. The zero-order valence-corrected chi connectivity index (χ0v) is 14.6. The summed E-state index contributed by atoms with van der Waals surface area (Å²) in [5, 5.41) is 10.1. The predicted molar refractivity (Wildman–Crippen MR) is 91.3 cm³/mol. The highest BCUT2D eigenvalue weighted by Gasteiger charge is 2.51. The number of aliphatic hydroxyl groups excluding tert-OH is 1. The standard InChI is InChI=1S/C19H25NO4/c1-5-9-15(21)13(2)17(22)20-16(19(3,4)24-18(20)23)12-14-10-7-6-8-11-14/h5-11,13,15-16,21H,12H2,1-4H3/b9-5+/t13-,15+,16-/m0/s1. The Balaban J connectivity index is 2.28. The number of imide groups is 1. The van der Waals surface area contributed by atoms with Crippen molar-refractivity contribution in [2.24, 2.45) is 5.92 Å². The van der Waals surface area contributed by atoms with E-state index in [0.29, 0.717) is 6.42 Å². The van der Waals surface area contributed by atoms with Gasteiger partial charge in [-0.25, -0.2) is 9.69 Å². The number of benzene rings is 1. The highest BCUT2D eigenvalue weighted by Crippen LogP contribution is 2.33. The van der Waals surface area contributed by atoms with Crippen molar-refractivity contribution in [1.82, 2.24) is 4.90 Å². The lowest BCUT2D eigenvalue weighted by Gasteiger charge is -2.30. The molecule has 130 valence electrons. The normalized spacial score (nSPS) is 22.5. The van der Waals surface area contributed by atoms with Crippen LogP contribution in [0.3, 0.4) is 0 Å². The summed E-state index contributed by atoms with van der Waals surface area (Å²) in [6, 6.07) is 9.26. The summed E-state index contributed by atoms with van der Waals surface area (Å²) in [5.74, 6) is -1.14. The van der Waals surface area contributed by atoms with Crippen LogP contribution in [0.1, 0.15) is 33.3 Å². The molecule has 5 heteroatoms. The number of cyclic esters (lactones) is 1. The van der Waals surface area contributed by atoms with E-state index in [0.717, 1.165) is 5.56 Å². The Kier molecular flexibility index (Phi) is 5.44. The van der Waals surface area contributed by atoms with Crippen molar-refractivity contribution in [3.8, 4) is 0 Å². The molecule has 1 aliphatic heterocycles. The Morgan fingerprint density at radius 2 is 2.00 bits per heavy atom. The average molecular weight is 331 g/mol. The molecule has 1 N–H and O–H groups in total. The van der Waals surface area contributed by atoms with Gasteiger partial charge in [0, 0.05) is 0 Å². The molecule has 1 aromatic carbocycles. The zero-order chi connectivity index (χ0) is 17.9. The highest BCUT2D eigenvalue weighted by molar-refractivity contribution is 5.95. The Morgan fingerprint density at radius 1 is 1.38 bits per heavy atom. The minimum atomic E-state index is -0.934. The van der Waals surface area contributed by atoms with E-state index in [4.69, 9.17) is 4.74 Å². The molecule has 1 heterocycles. The van der Waals surface area contributed by atoms with Crippen LogP contribution < -0.4 is 0 Å². The molecule has 5 nitrogen and oxygen atoms in total. The highest BCUT2D eigenvalue weighted by atomic mass is 16.6. The quantitative estimate of drug-likeness (QED) is 0.843. The molecule has 2 rings (SSSR count). The van der Waals surface area contributed by atoms with Crippen LogP contribution in [0.15, 0.2) is 42.5 Å². The van der Waals surface area contributed by atoms with Crippen molar-refractivity contribution in [3.63, 3.8) is 0 Å². The molecule has 3 atom stereocenters. The van der Waals surface area contributed by atoms with E-state index in [9.17, 15) is 14.7 Å². The first-order valence-corrected chi connectivity index (χ1v) is 8.18. The number of ether oxygens (including phenoxy) is 1. The van der Waals surface area contributed by atoms with Crippen molar-refractivity contribution in [2.45, 2.75) is 51.9 Å². The van der Waals surface area contributed by atoms with Crippen molar-refractivity contribution < 1.29 is 19.4 Å². The summed E-state index contributed by atoms with van der Waals surface area (Å²) < 4.78 is 5.42. The van der Waals surface area contributed by atoms with Gasteiger partial charge in [0.25, 0.3) is 0 Å². The fraction of sp³-hybridized carbons (Fsp3) is 0.474. The van der Waals surface area contributed by atoms with Crippen molar-refractivity contribution >= 4 is 12.0 Å². The van der Waals surface area contributed by atoms with Crippen LogP contribution in [0.25, 0.3) is 0 Å². The van der Waals surface area contributed by atoms with Gasteiger partial charge in [0.15, 0.2) is 0 Å². The lowest BCUT2D eigenvalue weighted by molar-refractivity contribution is -0.135. The van der Waals surface area contributed by atoms with Gasteiger partial charge in [0.05, 0.1) is 18.1 Å². The van der Waals surface area contributed by atoms with E-state index in [1.165, 1.54) is 4.90 Å². The van der Waals surface area contributed by atoms with E-state index in [1.807, 2.05) is 30.3 Å². The van der Waals surface area contributed by atoms with Crippen LogP contribution in [-0.2, 0) is 16.0 Å². The van der Waals surface area contributed by atoms with Crippen LogP contribution in [-0.4, -0.2) is 39.8 Å². The molecule has 0 radical (unpaired) electrons. The van der Waals surface area contributed by atoms with Gasteiger partial charge < -0.3 is 9.84 Å². The van der Waals surface area contributed by atoms with Crippen LogP contribution in [0.4, 0.5) is 4.79 Å². The third-order valence-electron chi connectivity index (χ3n) is 4.46. The topological polar surface area (TPSA) is 66.8 Å². The number of rotatable bonds is 5. The molecule has 0 saturated carbocycles. The SMILES string of the molecule is C/C=C/[C@@H](O)[C@H](C)C(=O)N1C(=O)OC(C)(C)[C@@H]1Cc1ccccc1. The Morgan fingerprint density at radius 3 is 2.58 bits per heavy atom. The van der Waals surface area contributed by atoms with Crippen molar-refractivity contribution in [1.29, 1.82) is 0 Å². The lowest BCUT2D eigenvalue weighted by atomic mass is 9.91.